The van der Waals surface area contributed by atoms with Gasteiger partial charge < -0.3 is 14.8 Å². The maximum absolute atomic E-state index is 13.3. The molecule has 0 spiro atoms. The molecular formula is C25H31F3N4O2. The summed E-state index contributed by atoms with van der Waals surface area (Å²) in [6.45, 7) is 9.21. The third-order valence-electron chi connectivity index (χ3n) is 9.05. The van der Waals surface area contributed by atoms with Gasteiger partial charge in [0.2, 0.25) is 5.91 Å². The van der Waals surface area contributed by atoms with Crippen LogP contribution in [0.5, 0.6) is 0 Å². The third-order valence-corrected chi connectivity index (χ3v) is 9.05. The molecule has 2 bridgehead atoms. The number of halogens is 3. The van der Waals surface area contributed by atoms with Crippen LogP contribution in [0, 0.1) is 5.41 Å². The van der Waals surface area contributed by atoms with Crippen LogP contribution < -0.4 is 0 Å². The van der Waals surface area contributed by atoms with Gasteiger partial charge in [0.1, 0.15) is 5.82 Å². The lowest BCUT2D eigenvalue weighted by atomic mass is 9.51. The molecule has 1 N–H and O–H groups in total. The van der Waals surface area contributed by atoms with Crippen LogP contribution in [0.2, 0.25) is 0 Å². The quantitative estimate of drug-likeness (QED) is 0.668. The highest BCUT2D eigenvalue weighted by atomic mass is 19.4. The summed E-state index contributed by atoms with van der Waals surface area (Å²) in [6.07, 6.45) is -2.32. The molecule has 0 saturated carbocycles. The van der Waals surface area contributed by atoms with E-state index in [2.05, 4.69) is 18.0 Å². The number of likely N-dealkylation sites (tertiary alicyclic amines) is 2. The van der Waals surface area contributed by atoms with Crippen molar-refractivity contribution in [3.05, 3.63) is 29.1 Å². The Morgan fingerprint density at radius 1 is 1.12 bits per heavy atom. The molecule has 184 valence electrons. The summed E-state index contributed by atoms with van der Waals surface area (Å²) < 4.78 is 40.0. The molecule has 2 aliphatic heterocycles. The second-order valence-electron chi connectivity index (χ2n) is 10.9. The smallest absolute Gasteiger partial charge is 0.343 e. The Labute approximate surface area is 196 Å². The molecule has 0 unspecified atom stereocenters. The van der Waals surface area contributed by atoms with Gasteiger partial charge in [-0.25, -0.2) is 4.98 Å². The van der Waals surface area contributed by atoms with Crippen molar-refractivity contribution in [3.63, 3.8) is 0 Å². The first-order valence-corrected chi connectivity index (χ1v) is 12.0. The van der Waals surface area contributed by atoms with Crippen LogP contribution in [0.15, 0.2) is 12.1 Å². The van der Waals surface area contributed by atoms with Gasteiger partial charge in [0.15, 0.2) is 0 Å². The van der Waals surface area contributed by atoms with Gasteiger partial charge in [0, 0.05) is 43.9 Å². The molecule has 3 aliphatic rings. The second-order valence-corrected chi connectivity index (χ2v) is 10.9. The first-order chi connectivity index (χ1) is 15.8. The molecule has 5 rings (SSSR count). The molecule has 2 fully saturated rings. The van der Waals surface area contributed by atoms with E-state index in [0.717, 1.165) is 45.7 Å². The predicted molar refractivity (Wildman–Crippen MR) is 121 cm³/mol. The normalized spacial score (nSPS) is 27.1. The number of carbonyl (C=O) groups is 2. The SMILES string of the molecule is CC(=O)N1CCC(c2nc3cc4c(cc3[nH]2)[C@]2(C)CCN(C(=O)C(F)(F)F)[C@H](C4)C2(C)C)CC1. The van der Waals surface area contributed by atoms with E-state index in [-0.39, 0.29) is 23.8 Å². The second kappa shape index (κ2) is 7.46. The summed E-state index contributed by atoms with van der Waals surface area (Å²) in [4.78, 5) is 35.1. The zero-order valence-electron chi connectivity index (χ0n) is 20.1. The summed E-state index contributed by atoms with van der Waals surface area (Å²) in [7, 11) is 0. The van der Waals surface area contributed by atoms with Crippen LogP contribution in [0.3, 0.4) is 0 Å². The summed E-state index contributed by atoms with van der Waals surface area (Å²) >= 11 is 0. The summed E-state index contributed by atoms with van der Waals surface area (Å²) in [5, 5.41) is 0. The number of aromatic amines is 1. The minimum atomic E-state index is -4.87. The van der Waals surface area contributed by atoms with Crippen molar-refractivity contribution in [1.82, 2.24) is 19.8 Å². The van der Waals surface area contributed by atoms with E-state index in [0.29, 0.717) is 25.9 Å². The topological polar surface area (TPSA) is 69.3 Å². The largest absolute Gasteiger partial charge is 0.471 e. The Bertz CT molecular complexity index is 1160. The zero-order chi connectivity index (χ0) is 24.6. The van der Waals surface area contributed by atoms with Crippen LogP contribution in [0.25, 0.3) is 11.0 Å². The van der Waals surface area contributed by atoms with E-state index in [4.69, 9.17) is 4.98 Å². The number of amides is 2. The van der Waals surface area contributed by atoms with Crippen molar-refractivity contribution < 1.29 is 22.8 Å². The van der Waals surface area contributed by atoms with Crippen molar-refractivity contribution in [1.29, 1.82) is 0 Å². The fraction of sp³-hybridized carbons (Fsp3) is 0.640. The van der Waals surface area contributed by atoms with Crippen molar-refractivity contribution in [2.45, 2.75) is 76.9 Å². The maximum Gasteiger partial charge on any atom is 0.471 e. The number of H-pyrrole nitrogens is 1. The molecule has 6 nitrogen and oxygen atoms in total. The minimum absolute atomic E-state index is 0.0933. The van der Waals surface area contributed by atoms with Crippen molar-refractivity contribution in [2.24, 2.45) is 5.41 Å². The minimum Gasteiger partial charge on any atom is -0.343 e. The summed E-state index contributed by atoms with van der Waals surface area (Å²) in [5.41, 5.74) is 2.98. The summed E-state index contributed by atoms with van der Waals surface area (Å²) in [6, 6.07) is 3.60. The molecule has 9 heteroatoms. The lowest BCUT2D eigenvalue weighted by molar-refractivity contribution is -0.195. The van der Waals surface area contributed by atoms with Gasteiger partial charge in [0.25, 0.3) is 0 Å². The Kier molecular flexibility index (Phi) is 5.08. The zero-order valence-corrected chi connectivity index (χ0v) is 20.1. The third kappa shape index (κ3) is 3.33. The van der Waals surface area contributed by atoms with Gasteiger partial charge in [-0.3, -0.25) is 9.59 Å². The predicted octanol–water partition coefficient (Wildman–Crippen LogP) is 4.29. The van der Waals surface area contributed by atoms with Crippen LogP contribution in [0.1, 0.15) is 69.8 Å². The highest BCUT2D eigenvalue weighted by molar-refractivity contribution is 5.83. The van der Waals surface area contributed by atoms with Crippen molar-refractivity contribution >= 4 is 22.8 Å². The van der Waals surface area contributed by atoms with E-state index in [1.807, 2.05) is 24.8 Å². The number of rotatable bonds is 1. The number of nitrogens with one attached hydrogen (secondary N) is 1. The van der Waals surface area contributed by atoms with E-state index >= 15 is 0 Å². The monoisotopic (exact) mass is 476 g/mol. The highest BCUT2D eigenvalue weighted by Crippen LogP contribution is 2.56. The molecule has 2 amide bonds. The van der Waals surface area contributed by atoms with Crippen molar-refractivity contribution in [2.75, 3.05) is 19.6 Å². The number of fused-ring (bicyclic) bond motifs is 5. The Hall–Kier alpha value is -2.58. The fourth-order valence-electron chi connectivity index (χ4n) is 6.50. The fourth-order valence-corrected chi connectivity index (χ4v) is 6.50. The molecule has 0 radical (unpaired) electrons. The van der Waals surface area contributed by atoms with Gasteiger partial charge in [-0.15, -0.1) is 0 Å². The van der Waals surface area contributed by atoms with Crippen molar-refractivity contribution in [3.8, 4) is 0 Å². The van der Waals surface area contributed by atoms with Gasteiger partial charge in [-0.05, 0) is 54.4 Å². The Balaban J connectivity index is 1.50. The highest BCUT2D eigenvalue weighted by Gasteiger charge is 2.59. The molecule has 2 atom stereocenters. The molecule has 1 aliphatic carbocycles. The summed E-state index contributed by atoms with van der Waals surface area (Å²) in [5.74, 6) is -0.500. The van der Waals surface area contributed by atoms with Gasteiger partial charge in [-0.2, -0.15) is 13.2 Å². The molecular weight excluding hydrogens is 445 g/mol. The van der Waals surface area contributed by atoms with Crippen LogP contribution in [-0.2, 0) is 21.4 Å². The number of aromatic nitrogens is 2. The first kappa shape index (κ1) is 23.2. The number of benzene rings is 1. The molecule has 1 aromatic heterocycles. The number of alkyl halides is 3. The first-order valence-electron chi connectivity index (χ1n) is 12.0. The number of hydrogen-bond donors (Lipinski definition) is 1. The number of carbonyl (C=O) groups excluding carboxylic acids is 2. The standard InChI is InChI=1S/C25H31F3N4O2/c1-14(33)31-8-5-15(6-9-31)21-29-18-11-16-12-20-23(2,3)24(4,17(16)13-19(18)30-21)7-10-32(20)22(34)25(26,27)28/h11,13,15,20H,5-10,12H2,1-4H3,(H,29,30)/t20-,24+/m1/s1. The molecule has 1 aromatic carbocycles. The van der Waals surface area contributed by atoms with Crippen LogP contribution >= 0.6 is 0 Å². The molecule has 2 aromatic rings. The average Bonchev–Trinajstić information content (AvgIpc) is 3.17. The van der Waals surface area contributed by atoms with Crippen LogP contribution in [0.4, 0.5) is 13.2 Å². The van der Waals surface area contributed by atoms with E-state index in [1.165, 1.54) is 0 Å². The van der Waals surface area contributed by atoms with E-state index in [9.17, 15) is 22.8 Å². The number of piperidine rings is 2. The van der Waals surface area contributed by atoms with Gasteiger partial charge in [-0.1, -0.05) is 20.8 Å². The van der Waals surface area contributed by atoms with Crippen LogP contribution in [-0.4, -0.2) is 63.4 Å². The Morgan fingerprint density at radius 2 is 1.79 bits per heavy atom. The number of nitrogens with zero attached hydrogens (tertiary/aromatic N) is 3. The lowest BCUT2D eigenvalue weighted by Gasteiger charge is -2.60. The average molecular weight is 477 g/mol. The number of imidazole rings is 1. The van der Waals surface area contributed by atoms with Gasteiger partial charge >= 0.3 is 12.1 Å². The Morgan fingerprint density at radius 3 is 2.41 bits per heavy atom. The lowest BCUT2D eigenvalue weighted by Crippen LogP contribution is -2.66. The molecule has 3 heterocycles. The maximum atomic E-state index is 13.3. The molecule has 2 saturated heterocycles. The van der Waals surface area contributed by atoms with E-state index < -0.39 is 23.5 Å². The number of hydrogen-bond acceptors (Lipinski definition) is 3. The van der Waals surface area contributed by atoms with Gasteiger partial charge in [0.05, 0.1) is 11.0 Å². The van der Waals surface area contributed by atoms with E-state index in [1.54, 1.807) is 6.92 Å². The molecule has 34 heavy (non-hydrogen) atoms.